The van der Waals surface area contributed by atoms with E-state index in [0.717, 1.165) is 12.0 Å². The van der Waals surface area contributed by atoms with Gasteiger partial charge in [0.1, 0.15) is 24.7 Å². The van der Waals surface area contributed by atoms with E-state index in [2.05, 4.69) is 4.72 Å². The van der Waals surface area contributed by atoms with Crippen LogP contribution in [0.3, 0.4) is 0 Å². The molecule has 0 bridgehead atoms. The summed E-state index contributed by atoms with van der Waals surface area (Å²) in [6.45, 7) is 2.56. The molecule has 3 rings (SSSR count). The van der Waals surface area contributed by atoms with Crippen LogP contribution >= 0.6 is 0 Å². The van der Waals surface area contributed by atoms with Crippen LogP contribution in [0, 0.1) is 0 Å². The average molecular weight is 442 g/mol. The highest BCUT2D eigenvalue weighted by Crippen LogP contribution is 2.20. The van der Waals surface area contributed by atoms with Gasteiger partial charge in [-0.2, -0.15) is 0 Å². The lowest BCUT2D eigenvalue weighted by Crippen LogP contribution is -2.13. The highest BCUT2D eigenvalue weighted by molar-refractivity contribution is 7.92. The van der Waals surface area contributed by atoms with E-state index in [1.54, 1.807) is 60.7 Å². The molecule has 0 saturated heterocycles. The van der Waals surface area contributed by atoms with Crippen LogP contribution in [0.1, 0.15) is 22.8 Å². The van der Waals surface area contributed by atoms with Gasteiger partial charge in [0.2, 0.25) is 0 Å². The van der Waals surface area contributed by atoms with E-state index in [0.29, 0.717) is 17.2 Å². The number of hydrogen-bond acceptors (Lipinski definition) is 5. The van der Waals surface area contributed by atoms with Crippen LogP contribution in [0.15, 0.2) is 77.7 Å². The van der Waals surface area contributed by atoms with Gasteiger partial charge >= 0.3 is 5.97 Å². The molecular formula is C23H23NO6S. The number of nitrogens with one attached hydrogen (secondary N) is 1. The molecule has 0 aromatic heterocycles. The third kappa shape index (κ3) is 6.23. The van der Waals surface area contributed by atoms with Gasteiger partial charge in [0.15, 0.2) is 0 Å². The van der Waals surface area contributed by atoms with Crippen molar-refractivity contribution < 1.29 is 27.8 Å². The fourth-order valence-electron chi connectivity index (χ4n) is 2.75. The van der Waals surface area contributed by atoms with Gasteiger partial charge in [0.05, 0.1) is 10.5 Å². The molecule has 0 amide bonds. The minimum absolute atomic E-state index is 0.192. The average Bonchev–Trinajstić information content (AvgIpc) is 2.78. The lowest BCUT2D eigenvalue weighted by Gasteiger charge is -2.11. The molecule has 31 heavy (non-hydrogen) atoms. The van der Waals surface area contributed by atoms with Crippen molar-refractivity contribution in [3.8, 4) is 11.5 Å². The molecular weight excluding hydrogens is 418 g/mol. The van der Waals surface area contributed by atoms with E-state index in [-0.39, 0.29) is 23.7 Å². The largest absolute Gasteiger partial charge is 0.490 e. The normalized spacial score (nSPS) is 11.0. The Balaban J connectivity index is 1.48. The second-order valence-electron chi connectivity index (χ2n) is 6.65. The summed E-state index contributed by atoms with van der Waals surface area (Å²) in [7, 11) is -3.66. The first-order valence-corrected chi connectivity index (χ1v) is 11.2. The van der Waals surface area contributed by atoms with Gasteiger partial charge in [0, 0.05) is 5.69 Å². The van der Waals surface area contributed by atoms with Crippen molar-refractivity contribution in [2.45, 2.75) is 18.2 Å². The van der Waals surface area contributed by atoms with Crippen LogP contribution in [0.4, 0.5) is 5.69 Å². The maximum absolute atomic E-state index is 12.5. The minimum Gasteiger partial charge on any atom is -0.490 e. The van der Waals surface area contributed by atoms with Gasteiger partial charge in [-0.15, -0.1) is 0 Å². The van der Waals surface area contributed by atoms with E-state index in [4.69, 9.17) is 14.6 Å². The van der Waals surface area contributed by atoms with Crippen molar-refractivity contribution in [2.75, 3.05) is 17.9 Å². The van der Waals surface area contributed by atoms with E-state index in [9.17, 15) is 13.2 Å². The number of hydrogen-bond donors (Lipinski definition) is 2. The maximum Gasteiger partial charge on any atom is 0.335 e. The van der Waals surface area contributed by atoms with Crippen LogP contribution in [-0.2, 0) is 16.4 Å². The number of aromatic carboxylic acids is 1. The zero-order chi connectivity index (χ0) is 22.3. The third-order valence-corrected chi connectivity index (χ3v) is 5.87. The Kier molecular flexibility index (Phi) is 7.15. The second-order valence-corrected chi connectivity index (χ2v) is 8.34. The number of carbonyl (C=O) groups is 1. The molecule has 0 saturated carbocycles. The number of sulfonamides is 1. The summed E-state index contributed by atoms with van der Waals surface area (Å²) < 4.78 is 38.6. The number of carboxylic acids is 1. The molecule has 0 unspecified atom stereocenters. The summed E-state index contributed by atoms with van der Waals surface area (Å²) in [5, 5.41) is 8.88. The molecule has 8 heteroatoms. The summed E-state index contributed by atoms with van der Waals surface area (Å²) in [4.78, 5) is 11.0. The zero-order valence-corrected chi connectivity index (χ0v) is 17.8. The van der Waals surface area contributed by atoms with Crippen molar-refractivity contribution in [1.82, 2.24) is 0 Å². The molecule has 0 fully saturated rings. The fourth-order valence-corrected chi connectivity index (χ4v) is 3.81. The molecule has 0 aliphatic carbocycles. The summed E-state index contributed by atoms with van der Waals surface area (Å²) in [6.07, 6.45) is 0.845. The molecule has 0 radical (unpaired) electrons. The predicted molar refractivity (Wildman–Crippen MR) is 117 cm³/mol. The van der Waals surface area contributed by atoms with Crippen LogP contribution in [0.5, 0.6) is 11.5 Å². The van der Waals surface area contributed by atoms with E-state index in [1.165, 1.54) is 12.1 Å². The van der Waals surface area contributed by atoms with Crippen LogP contribution < -0.4 is 14.2 Å². The van der Waals surface area contributed by atoms with Crippen molar-refractivity contribution in [2.24, 2.45) is 0 Å². The molecule has 0 spiro atoms. The lowest BCUT2D eigenvalue weighted by atomic mass is 10.2. The number of benzene rings is 3. The van der Waals surface area contributed by atoms with Gasteiger partial charge in [0.25, 0.3) is 10.0 Å². The third-order valence-electron chi connectivity index (χ3n) is 4.47. The molecule has 162 valence electrons. The Morgan fingerprint density at radius 3 is 1.84 bits per heavy atom. The maximum atomic E-state index is 12.5. The van der Waals surface area contributed by atoms with Gasteiger partial charge < -0.3 is 14.6 Å². The van der Waals surface area contributed by atoms with Gasteiger partial charge in [-0.25, -0.2) is 13.2 Å². The van der Waals surface area contributed by atoms with Crippen LogP contribution in [-0.4, -0.2) is 32.7 Å². The van der Waals surface area contributed by atoms with Crippen LogP contribution in [0.25, 0.3) is 0 Å². The number of rotatable bonds is 10. The Morgan fingerprint density at radius 1 is 0.839 bits per heavy atom. The van der Waals surface area contributed by atoms with E-state index in [1.807, 2.05) is 6.92 Å². The number of anilines is 1. The Morgan fingerprint density at radius 2 is 1.35 bits per heavy atom. The Bertz CT molecular complexity index is 1110. The second kappa shape index (κ2) is 9.99. The topological polar surface area (TPSA) is 102 Å². The summed E-state index contributed by atoms with van der Waals surface area (Å²) in [5.41, 5.74) is 1.70. The molecule has 2 N–H and O–H groups in total. The number of carboxylic acid groups (broad SMARTS) is 1. The van der Waals surface area contributed by atoms with Crippen molar-refractivity contribution >= 4 is 21.7 Å². The molecule has 0 aliphatic heterocycles. The quantitative estimate of drug-likeness (QED) is 0.457. The summed E-state index contributed by atoms with van der Waals surface area (Å²) >= 11 is 0. The molecule has 7 nitrogen and oxygen atoms in total. The standard InChI is InChI=1S/C23H23NO6S/c1-2-17-3-13-22(14-4-17)31(27,28)24-19-7-11-21(12-8-19)30-16-15-29-20-9-5-18(6-10-20)23(25)26/h3-14,24H,2,15-16H2,1H3,(H,25,26). The smallest absolute Gasteiger partial charge is 0.335 e. The van der Waals surface area contributed by atoms with Crippen molar-refractivity contribution in [1.29, 1.82) is 0 Å². The van der Waals surface area contributed by atoms with Gasteiger partial charge in [-0.3, -0.25) is 4.72 Å². The molecule has 0 aliphatic rings. The highest BCUT2D eigenvalue weighted by Gasteiger charge is 2.14. The minimum atomic E-state index is -3.66. The Hall–Kier alpha value is -3.52. The first-order chi connectivity index (χ1) is 14.9. The highest BCUT2D eigenvalue weighted by atomic mass is 32.2. The zero-order valence-electron chi connectivity index (χ0n) is 16.9. The lowest BCUT2D eigenvalue weighted by molar-refractivity contribution is 0.0697. The SMILES string of the molecule is CCc1ccc(S(=O)(=O)Nc2ccc(OCCOc3ccc(C(=O)O)cc3)cc2)cc1. The Labute approximate surface area is 181 Å². The predicted octanol–water partition coefficient (Wildman–Crippen LogP) is 4.21. The van der Waals surface area contributed by atoms with Gasteiger partial charge in [-0.05, 0) is 72.6 Å². The van der Waals surface area contributed by atoms with E-state index < -0.39 is 16.0 Å². The molecule has 3 aromatic carbocycles. The monoisotopic (exact) mass is 441 g/mol. The molecule has 0 heterocycles. The van der Waals surface area contributed by atoms with Crippen molar-refractivity contribution in [3.05, 3.63) is 83.9 Å². The number of aryl methyl sites for hydroxylation is 1. The van der Waals surface area contributed by atoms with Crippen molar-refractivity contribution in [3.63, 3.8) is 0 Å². The fraction of sp³-hybridized carbons (Fsp3) is 0.174. The summed E-state index contributed by atoms with van der Waals surface area (Å²) in [5.74, 6) is 0.125. The molecule has 0 atom stereocenters. The van der Waals surface area contributed by atoms with E-state index >= 15 is 0 Å². The summed E-state index contributed by atoms with van der Waals surface area (Å²) in [6, 6.07) is 19.5. The van der Waals surface area contributed by atoms with Crippen LogP contribution in [0.2, 0.25) is 0 Å². The first-order valence-electron chi connectivity index (χ1n) is 9.68. The molecule has 3 aromatic rings. The van der Waals surface area contributed by atoms with Gasteiger partial charge in [-0.1, -0.05) is 19.1 Å². The number of ether oxygens (including phenoxy) is 2. The first kappa shape index (κ1) is 22.2.